The average Bonchev–Trinajstić information content (AvgIpc) is 3.18. The molecule has 7 heteroatoms. The molecule has 0 amide bonds. The Kier molecular flexibility index (Phi) is 4.13. The van der Waals surface area contributed by atoms with Gasteiger partial charge in [-0.25, -0.2) is 9.97 Å². The van der Waals surface area contributed by atoms with Gasteiger partial charge in [-0.3, -0.25) is 4.79 Å². The number of nitrogens with zero attached hydrogens (tertiary/aromatic N) is 2. The molecule has 4 aromatic rings. The minimum atomic E-state index is -0.208. The van der Waals surface area contributed by atoms with E-state index in [9.17, 15) is 4.79 Å². The summed E-state index contributed by atoms with van der Waals surface area (Å²) in [5, 5.41) is 1.09. The van der Waals surface area contributed by atoms with Crippen LogP contribution in [-0.2, 0) is 4.79 Å². The van der Waals surface area contributed by atoms with Crippen LogP contribution >= 0.6 is 22.7 Å². The minimum Gasteiger partial charge on any atom is -0.375 e. The zero-order valence-electron chi connectivity index (χ0n) is 14.4. The second-order valence-corrected chi connectivity index (χ2v) is 8.53. The summed E-state index contributed by atoms with van der Waals surface area (Å²) in [6.07, 6.45) is 0. The van der Waals surface area contributed by atoms with Gasteiger partial charge in [0, 0.05) is 11.8 Å². The molecule has 0 fully saturated rings. The Hall–Kier alpha value is -2.51. The van der Waals surface area contributed by atoms with E-state index in [0.717, 1.165) is 31.6 Å². The van der Waals surface area contributed by atoms with Gasteiger partial charge in [-0.05, 0) is 35.4 Å². The fourth-order valence-corrected chi connectivity index (χ4v) is 4.73. The zero-order chi connectivity index (χ0) is 18.4. The van der Waals surface area contributed by atoms with Crippen LogP contribution in [0.15, 0.2) is 36.4 Å². The number of ketones is 1. The molecule has 0 spiro atoms. The Morgan fingerprint density at radius 2 is 1.27 bits per heavy atom. The molecule has 0 saturated carbocycles. The van der Waals surface area contributed by atoms with Crippen LogP contribution in [0, 0.1) is 0 Å². The maximum atomic E-state index is 13.1. The SMILES string of the molecule is CC(C(=O)C(C)c1ccc2nc(N)sc2c1)c1ccc2nc(N)sc2c1. The predicted molar refractivity (Wildman–Crippen MR) is 110 cm³/mol. The highest BCUT2D eigenvalue weighted by atomic mass is 32.1. The Morgan fingerprint density at radius 3 is 1.69 bits per heavy atom. The van der Waals surface area contributed by atoms with Crippen molar-refractivity contribution >= 4 is 59.2 Å². The first-order chi connectivity index (χ1) is 12.4. The summed E-state index contributed by atoms with van der Waals surface area (Å²) in [6, 6.07) is 11.8. The van der Waals surface area contributed by atoms with Crippen LogP contribution in [0.4, 0.5) is 10.3 Å². The summed E-state index contributed by atoms with van der Waals surface area (Å²) in [5.74, 6) is -0.237. The van der Waals surface area contributed by atoms with E-state index in [2.05, 4.69) is 9.97 Å². The number of hydrogen-bond acceptors (Lipinski definition) is 7. The molecule has 4 rings (SSSR count). The quantitative estimate of drug-likeness (QED) is 0.540. The predicted octanol–water partition coefficient (Wildman–Crippen LogP) is 4.55. The number of carbonyl (C=O) groups is 1. The van der Waals surface area contributed by atoms with Gasteiger partial charge in [0.15, 0.2) is 10.3 Å². The fraction of sp³-hybridized carbons (Fsp3) is 0.211. The van der Waals surface area contributed by atoms with Crippen LogP contribution < -0.4 is 11.5 Å². The van der Waals surface area contributed by atoms with Gasteiger partial charge in [0.2, 0.25) is 0 Å². The Labute approximate surface area is 158 Å². The molecule has 2 unspecified atom stereocenters. The van der Waals surface area contributed by atoms with E-state index in [0.29, 0.717) is 10.3 Å². The number of anilines is 2. The Bertz CT molecular complexity index is 1040. The smallest absolute Gasteiger partial charge is 0.181 e. The summed E-state index contributed by atoms with van der Waals surface area (Å²) in [7, 11) is 0. The number of aromatic nitrogens is 2. The fourth-order valence-electron chi connectivity index (χ4n) is 3.16. The standard InChI is InChI=1S/C19H18N4OS2/c1-9(11-3-5-13-15(7-11)25-18(20)22-13)17(24)10(2)12-4-6-14-16(8-12)26-19(21)23-14/h3-10H,1-2H3,(H2,20,22)(H2,21,23). The van der Waals surface area contributed by atoms with Gasteiger partial charge >= 0.3 is 0 Å². The van der Waals surface area contributed by atoms with Crippen molar-refractivity contribution in [3.8, 4) is 0 Å². The van der Waals surface area contributed by atoms with E-state index in [1.165, 1.54) is 22.7 Å². The van der Waals surface area contributed by atoms with Crippen LogP contribution in [0.25, 0.3) is 20.4 Å². The van der Waals surface area contributed by atoms with Crippen LogP contribution in [0.2, 0.25) is 0 Å². The number of thiazole rings is 2. The monoisotopic (exact) mass is 382 g/mol. The molecule has 0 saturated heterocycles. The number of carbonyl (C=O) groups excluding carboxylic acids is 1. The van der Waals surface area contributed by atoms with Crippen molar-refractivity contribution in [1.29, 1.82) is 0 Å². The van der Waals surface area contributed by atoms with Crippen molar-refractivity contribution in [3.05, 3.63) is 47.5 Å². The number of hydrogen-bond donors (Lipinski definition) is 2. The summed E-state index contributed by atoms with van der Waals surface area (Å²) >= 11 is 2.88. The van der Waals surface area contributed by atoms with Crippen molar-refractivity contribution in [2.45, 2.75) is 25.7 Å². The van der Waals surface area contributed by atoms with Crippen molar-refractivity contribution in [3.63, 3.8) is 0 Å². The lowest BCUT2D eigenvalue weighted by Gasteiger charge is -2.17. The van der Waals surface area contributed by atoms with Crippen LogP contribution in [0.3, 0.4) is 0 Å². The second-order valence-electron chi connectivity index (χ2n) is 6.40. The maximum absolute atomic E-state index is 13.1. The van der Waals surface area contributed by atoms with E-state index in [-0.39, 0.29) is 17.6 Å². The van der Waals surface area contributed by atoms with Crippen molar-refractivity contribution in [1.82, 2.24) is 9.97 Å². The number of nitrogen functional groups attached to an aromatic ring is 2. The summed E-state index contributed by atoms with van der Waals surface area (Å²) in [4.78, 5) is 21.6. The molecule has 2 atom stereocenters. The maximum Gasteiger partial charge on any atom is 0.181 e. The molecule has 5 nitrogen and oxygen atoms in total. The highest BCUT2D eigenvalue weighted by molar-refractivity contribution is 7.22. The molecule has 0 bridgehead atoms. The normalized spacial score (nSPS) is 13.9. The Balaban J connectivity index is 1.62. The molecule has 4 N–H and O–H groups in total. The number of benzene rings is 2. The van der Waals surface area contributed by atoms with Crippen molar-refractivity contribution in [2.24, 2.45) is 0 Å². The van der Waals surface area contributed by atoms with E-state index in [4.69, 9.17) is 11.5 Å². The number of fused-ring (bicyclic) bond motifs is 2. The zero-order valence-corrected chi connectivity index (χ0v) is 16.0. The molecule has 2 aromatic carbocycles. The first-order valence-electron chi connectivity index (χ1n) is 8.28. The summed E-state index contributed by atoms with van der Waals surface area (Å²) in [5.41, 5.74) is 15.3. The van der Waals surface area contributed by atoms with Crippen molar-refractivity contribution in [2.75, 3.05) is 11.5 Å². The number of rotatable bonds is 4. The largest absolute Gasteiger partial charge is 0.375 e. The molecular formula is C19H18N4OS2. The first kappa shape index (κ1) is 16.9. The van der Waals surface area contributed by atoms with E-state index in [1.54, 1.807) is 0 Å². The van der Waals surface area contributed by atoms with E-state index >= 15 is 0 Å². The van der Waals surface area contributed by atoms with Crippen LogP contribution in [0.1, 0.15) is 36.8 Å². The van der Waals surface area contributed by atoms with Gasteiger partial charge in [-0.15, -0.1) is 0 Å². The van der Waals surface area contributed by atoms with Gasteiger partial charge in [-0.2, -0.15) is 0 Å². The van der Waals surface area contributed by atoms with Crippen molar-refractivity contribution < 1.29 is 4.79 Å². The lowest BCUT2D eigenvalue weighted by molar-refractivity contribution is -0.121. The third-order valence-corrected chi connectivity index (χ3v) is 6.41. The van der Waals surface area contributed by atoms with Gasteiger partial charge in [0.1, 0.15) is 5.78 Å². The van der Waals surface area contributed by atoms with Gasteiger partial charge in [0.25, 0.3) is 0 Å². The Morgan fingerprint density at radius 1 is 0.846 bits per heavy atom. The molecule has 0 aliphatic carbocycles. The van der Waals surface area contributed by atoms with Crippen LogP contribution in [0.5, 0.6) is 0 Å². The topological polar surface area (TPSA) is 94.9 Å². The number of nitrogens with two attached hydrogens (primary N) is 2. The molecule has 26 heavy (non-hydrogen) atoms. The van der Waals surface area contributed by atoms with E-state index in [1.807, 2.05) is 50.2 Å². The second kappa shape index (κ2) is 6.34. The molecule has 132 valence electrons. The molecule has 0 aliphatic rings. The minimum absolute atomic E-state index is 0.179. The number of Topliss-reactive ketones (excluding diaryl/α,β-unsaturated/α-hetero) is 1. The lowest BCUT2D eigenvalue weighted by atomic mass is 9.86. The van der Waals surface area contributed by atoms with Gasteiger partial charge in [-0.1, -0.05) is 48.7 Å². The summed E-state index contributed by atoms with van der Waals surface area (Å²) < 4.78 is 2.02. The lowest BCUT2D eigenvalue weighted by Crippen LogP contribution is -2.16. The molecular weight excluding hydrogens is 364 g/mol. The highest BCUT2D eigenvalue weighted by Crippen LogP contribution is 2.32. The molecule has 2 heterocycles. The van der Waals surface area contributed by atoms with Gasteiger partial charge in [0.05, 0.1) is 20.4 Å². The third-order valence-electron chi connectivity index (χ3n) is 4.71. The molecule has 0 aliphatic heterocycles. The van der Waals surface area contributed by atoms with E-state index < -0.39 is 0 Å². The molecule has 2 aromatic heterocycles. The highest BCUT2D eigenvalue weighted by Gasteiger charge is 2.23. The summed E-state index contributed by atoms with van der Waals surface area (Å²) in [6.45, 7) is 3.90. The average molecular weight is 383 g/mol. The van der Waals surface area contributed by atoms with Gasteiger partial charge < -0.3 is 11.5 Å². The molecule has 0 radical (unpaired) electrons. The van der Waals surface area contributed by atoms with Crippen LogP contribution in [-0.4, -0.2) is 15.8 Å². The first-order valence-corrected chi connectivity index (χ1v) is 9.91. The third kappa shape index (κ3) is 2.93.